The number of hydrogen-bond acceptors (Lipinski definition) is 0. The van der Waals surface area contributed by atoms with Gasteiger partial charge in [-0.1, -0.05) is 151 Å². The van der Waals surface area contributed by atoms with E-state index < -0.39 is 4.32 Å². The fraction of sp³-hybridized carbons (Fsp3) is 0.419. The number of halogens is 1. The van der Waals surface area contributed by atoms with Crippen LogP contribution in [0.2, 0.25) is 0 Å². The van der Waals surface area contributed by atoms with E-state index in [2.05, 4.69) is 151 Å². The van der Waals surface area contributed by atoms with Crippen molar-refractivity contribution in [3.8, 4) is 0 Å². The van der Waals surface area contributed by atoms with E-state index in [0.717, 1.165) is 0 Å². The van der Waals surface area contributed by atoms with Gasteiger partial charge in [-0.05, 0) is 49.6 Å². The zero-order valence-corrected chi connectivity index (χ0v) is 22.9. The van der Waals surface area contributed by atoms with Gasteiger partial charge in [0.25, 0.3) is 0 Å². The summed E-state index contributed by atoms with van der Waals surface area (Å²) in [7, 11) is 0. The standard InChI is InChI=1S/C31H39Br/c1-28(2,3)22-10-16-25(17-11-22)31(32,26-18-12-23(13-19-26)29(4,5)6)27-20-14-24(15-21-27)30(7,8)9/h10-21H,1-9H3. The van der Waals surface area contributed by atoms with E-state index in [1.807, 2.05) is 0 Å². The normalized spacial score (nSPS) is 13.3. The van der Waals surface area contributed by atoms with Crippen molar-refractivity contribution >= 4 is 15.9 Å². The Morgan fingerprint density at radius 1 is 0.344 bits per heavy atom. The maximum absolute atomic E-state index is 4.23. The van der Waals surface area contributed by atoms with Crippen LogP contribution in [-0.2, 0) is 20.6 Å². The molecule has 0 aliphatic heterocycles. The fourth-order valence-corrected chi connectivity index (χ4v) is 4.89. The quantitative estimate of drug-likeness (QED) is 0.253. The SMILES string of the molecule is CC(C)(C)c1ccc(C(Br)(c2ccc(C(C)(C)C)cc2)c2ccc(C(C)(C)C)cc2)cc1. The van der Waals surface area contributed by atoms with Gasteiger partial charge in [-0.3, -0.25) is 0 Å². The van der Waals surface area contributed by atoms with Crippen LogP contribution >= 0.6 is 15.9 Å². The van der Waals surface area contributed by atoms with Crippen LogP contribution in [0, 0.1) is 0 Å². The molecule has 0 nitrogen and oxygen atoms in total. The Bertz CT molecular complexity index is 893. The van der Waals surface area contributed by atoms with E-state index in [9.17, 15) is 0 Å². The molecule has 0 fully saturated rings. The molecule has 0 saturated carbocycles. The number of rotatable bonds is 3. The summed E-state index contributed by atoms with van der Waals surface area (Å²) in [6.45, 7) is 20.4. The lowest BCUT2D eigenvalue weighted by Crippen LogP contribution is -2.23. The topological polar surface area (TPSA) is 0 Å². The summed E-state index contributed by atoms with van der Waals surface area (Å²) in [6, 6.07) is 27.4. The third-order valence-electron chi connectivity index (χ3n) is 6.45. The number of hydrogen-bond donors (Lipinski definition) is 0. The largest absolute Gasteiger partial charge is 0.100 e. The molecule has 0 aliphatic rings. The highest BCUT2D eigenvalue weighted by atomic mass is 79.9. The summed E-state index contributed by atoms with van der Waals surface area (Å²) in [5.74, 6) is 0. The highest BCUT2D eigenvalue weighted by Gasteiger charge is 2.34. The van der Waals surface area contributed by atoms with Crippen LogP contribution in [0.15, 0.2) is 72.8 Å². The van der Waals surface area contributed by atoms with Gasteiger partial charge in [0.2, 0.25) is 0 Å². The summed E-state index contributed by atoms with van der Waals surface area (Å²) in [5, 5.41) is 0. The van der Waals surface area contributed by atoms with Crippen molar-refractivity contribution in [2.45, 2.75) is 82.9 Å². The molecule has 3 aromatic rings. The molecular weight excluding hydrogens is 452 g/mol. The van der Waals surface area contributed by atoms with Crippen LogP contribution in [0.25, 0.3) is 0 Å². The molecule has 0 spiro atoms. The number of benzene rings is 3. The summed E-state index contributed by atoms with van der Waals surface area (Å²) in [5.41, 5.74) is 8.20. The Morgan fingerprint density at radius 3 is 0.656 bits per heavy atom. The lowest BCUT2D eigenvalue weighted by Gasteiger charge is -2.32. The van der Waals surface area contributed by atoms with Crippen molar-refractivity contribution in [2.75, 3.05) is 0 Å². The van der Waals surface area contributed by atoms with Crippen LogP contribution in [0.5, 0.6) is 0 Å². The molecular formula is C31H39Br. The van der Waals surface area contributed by atoms with Crippen LogP contribution < -0.4 is 0 Å². The van der Waals surface area contributed by atoms with E-state index in [4.69, 9.17) is 0 Å². The predicted molar refractivity (Wildman–Crippen MR) is 144 cm³/mol. The van der Waals surface area contributed by atoms with Crippen molar-refractivity contribution in [1.29, 1.82) is 0 Å². The lowest BCUT2D eigenvalue weighted by molar-refractivity contribution is 0.589. The van der Waals surface area contributed by atoms with Crippen LogP contribution in [0.1, 0.15) is 95.7 Å². The first-order valence-electron chi connectivity index (χ1n) is 11.7. The fourth-order valence-electron chi connectivity index (χ4n) is 4.10. The van der Waals surface area contributed by atoms with Gasteiger partial charge in [-0.25, -0.2) is 0 Å². The van der Waals surface area contributed by atoms with Crippen molar-refractivity contribution in [1.82, 2.24) is 0 Å². The third kappa shape index (κ3) is 5.04. The second-order valence-electron chi connectivity index (χ2n) is 12.1. The molecule has 0 amide bonds. The minimum Gasteiger partial charge on any atom is -0.0696 e. The molecule has 0 atom stereocenters. The summed E-state index contributed by atoms with van der Waals surface area (Å²) < 4.78 is -0.407. The van der Waals surface area contributed by atoms with Crippen molar-refractivity contribution < 1.29 is 0 Å². The molecule has 0 saturated heterocycles. The third-order valence-corrected chi connectivity index (χ3v) is 7.82. The van der Waals surface area contributed by atoms with Crippen LogP contribution in [0.3, 0.4) is 0 Å². The Morgan fingerprint density at radius 2 is 0.500 bits per heavy atom. The first kappa shape index (κ1) is 24.8. The van der Waals surface area contributed by atoms with E-state index in [1.54, 1.807) is 0 Å². The van der Waals surface area contributed by atoms with Gasteiger partial charge in [0.05, 0.1) is 0 Å². The van der Waals surface area contributed by atoms with Gasteiger partial charge in [0.15, 0.2) is 0 Å². The molecule has 3 rings (SSSR count). The van der Waals surface area contributed by atoms with Gasteiger partial charge in [0, 0.05) is 0 Å². The van der Waals surface area contributed by atoms with Crippen molar-refractivity contribution in [2.24, 2.45) is 0 Å². The van der Waals surface area contributed by atoms with E-state index >= 15 is 0 Å². The van der Waals surface area contributed by atoms with Gasteiger partial charge < -0.3 is 0 Å². The molecule has 1 heteroatoms. The zero-order valence-electron chi connectivity index (χ0n) is 21.3. The first-order chi connectivity index (χ1) is 14.6. The smallest absolute Gasteiger partial charge is 0.0696 e. The van der Waals surface area contributed by atoms with E-state index in [-0.39, 0.29) is 16.2 Å². The maximum atomic E-state index is 4.23. The van der Waals surface area contributed by atoms with Crippen LogP contribution in [-0.4, -0.2) is 0 Å². The van der Waals surface area contributed by atoms with Gasteiger partial charge in [-0.15, -0.1) is 0 Å². The first-order valence-corrected chi connectivity index (χ1v) is 12.4. The second kappa shape index (κ2) is 8.49. The summed E-state index contributed by atoms with van der Waals surface area (Å²) >= 11 is 4.23. The summed E-state index contributed by atoms with van der Waals surface area (Å²) in [6.07, 6.45) is 0. The highest BCUT2D eigenvalue weighted by Crippen LogP contribution is 2.46. The molecule has 0 heterocycles. The van der Waals surface area contributed by atoms with Gasteiger partial charge in [-0.2, -0.15) is 0 Å². The van der Waals surface area contributed by atoms with Gasteiger partial charge in [0.1, 0.15) is 4.32 Å². The molecule has 0 N–H and O–H groups in total. The minimum atomic E-state index is -0.407. The lowest BCUT2D eigenvalue weighted by atomic mass is 9.79. The van der Waals surface area contributed by atoms with Gasteiger partial charge >= 0.3 is 0 Å². The van der Waals surface area contributed by atoms with Crippen LogP contribution in [0.4, 0.5) is 0 Å². The molecule has 170 valence electrons. The van der Waals surface area contributed by atoms with Crippen molar-refractivity contribution in [3.05, 3.63) is 106 Å². The Labute approximate surface area is 204 Å². The molecule has 32 heavy (non-hydrogen) atoms. The molecule has 0 aliphatic carbocycles. The Balaban J connectivity index is 2.17. The van der Waals surface area contributed by atoms with Crippen molar-refractivity contribution in [3.63, 3.8) is 0 Å². The molecule has 3 aromatic carbocycles. The average molecular weight is 492 g/mol. The Kier molecular flexibility index (Phi) is 6.57. The zero-order chi connectivity index (χ0) is 23.9. The second-order valence-corrected chi connectivity index (χ2v) is 13.3. The molecule has 0 unspecified atom stereocenters. The molecule has 0 radical (unpaired) electrons. The molecule has 0 bridgehead atoms. The average Bonchev–Trinajstić information content (AvgIpc) is 2.71. The highest BCUT2D eigenvalue weighted by molar-refractivity contribution is 9.10. The maximum Gasteiger partial charge on any atom is 0.100 e. The molecule has 0 aromatic heterocycles. The predicted octanol–water partition coefficient (Wildman–Crippen LogP) is 9.27. The summed E-state index contributed by atoms with van der Waals surface area (Å²) in [4.78, 5) is 0. The number of alkyl halides is 1. The van der Waals surface area contributed by atoms with E-state index in [1.165, 1.54) is 33.4 Å². The van der Waals surface area contributed by atoms with E-state index in [0.29, 0.717) is 0 Å². The monoisotopic (exact) mass is 490 g/mol. The Hall–Kier alpha value is -1.86. The minimum absolute atomic E-state index is 0.135.